The van der Waals surface area contributed by atoms with Gasteiger partial charge in [0.15, 0.2) is 0 Å². The standard InChI is InChI=1S/C8H8BrF2NO/c9-4-1-5(10)8(6(11)2-4)7(13)3-12/h1-2,7,13H,3,12H2. The lowest BCUT2D eigenvalue weighted by molar-refractivity contribution is 0.176. The van der Waals surface area contributed by atoms with Gasteiger partial charge in [-0.3, -0.25) is 0 Å². The zero-order valence-electron chi connectivity index (χ0n) is 6.60. The number of benzene rings is 1. The molecule has 1 aromatic rings. The van der Waals surface area contributed by atoms with Crippen molar-refractivity contribution in [2.24, 2.45) is 5.73 Å². The molecule has 0 aliphatic rings. The van der Waals surface area contributed by atoms with Gasteiger partial charge < -0.3 is 10.8 Å². The van der Waals surface area contributed by atoms with Crippen molar-refractivity contribution >= 4 is 15.9 Å². The molecule has 0 amide bonds. The number of nitrogens with two attached hydrogens (primary N) is 1. The quantitative estimate of drug-likeness (QED) is 0.841. The highest BCUT2D eigenvalue weighted by Crippen LogP contribution is 2.24. The van der Waals surface area contributed by atoms with Crippen LogP contribution in [0.3, 0.4) is 0 Å². The van der Waals surface area contributed by atoms with E-state index in [0.717, 1.165) is 12.1 Å². The molecular weight excluding hydrogens is 244 g/mol. The fraction of sp³-hybridized carbons (Fsp3) is 0.250. The second-order valence-electron chi connectivity index (χ2n) is 2.53. The van der Waals surface area contributed by atoms with E-state index in [-0.39, 0.29) is 16.6 Å². The van der Waals surface area contributed by atoms with Crippen LogP contribution < -0.4 is 5.73 Å². The third kappa shape index (κ3) is 2.24. The lowest BCUT2D eigenvalue weighted by Gasteiger charge is -2.10. The second kappa shape index (κ2) is 4.13. The fourth-order valence-corrected chi connectivity index (χ4v) is 1.39. The molecule has 0 spiro atoms. The zero-order valence-corrected chi connectivity index (χ0v) is 8.18. The maximum absolute atomic E-state index is 13.1. The Labute approximate surface area is 82.5 Å². The Morgan fingerprint density at radius 1 is 1.38 bits per heavy atom. The van der Waals surface area contributed by atoms with E-state index in [1.165, 1.54) is 0 Å². The van der Waals surface area contributed by atoms with Crippen LogP contribution in [0.5, 0.6) is 0 Å². The summed E-state index contributed by atoms with van der Waals surface area (Å²) in [7, 11) is 0. The predicted molar refractivity (Wildman–Crippen MR) is 48.1 cm³/mol. The van der Waals surface area contributed by atoms with Crippen molar-refractivity contribution in [1.29, 1.82) is 0 Å². The van der Waals surface area contributed by atoms with E-state index in [9.17, 15) is 8.78 Å². The van der Waals surface area contributed by atoms with Crippen molar-refractivity contribution < 1.29 is 13.9 Å². The topological polar surface area (TPSA) is 46.2 Å². The highest BCUT2D eigenvalue weighted by Gasteiger charge is 2.17. The fourth-order valence-electron chi connectivity index (χ4n) is 0.990. The minimum atomic E-state index is -1.30. The summed E-state index contributed by atoms with van der Waals surface area (Å²) in [5.41, 5.74) is 4.70. The molecule has 0 saturated carbocycles. The van der Waals surface area contributed by atoms with Crippen LogP contribution in [0.2, 0.25) is 0 Å². The SMILES string of the molecule is NCC(O)c1c(F)cc(Br)cc1F. The van der Waals surface area contributed by atoms with E-state index in [2.05, 4.69) is 15.9 Å². The van der Waals surface area contributed by atoms with Crippen molar-refractivity contribution in [3.8, 4) is 0 Å². The van der Waals surface area contributed by atoms with Gasteiger partial charge in [-0.1, -0.05) is 15.9 Å². The molecule has 2 nitrogen and oxygen atoms in total. The van der Waals surface area contributed by atoms with Gasteiger partial charge in [-0.25, -0.2) is 8.78 Å². The van der Waals surface area contributed by atoms with E-state index in [1.54, 1.807) is 0 Å². The molecule has 3 N–H and O–H groups in total. The Bertz CT molecular complexity index is 296. The molecule has 0 aliphatic carbocycles. The first kappa shape index (κ1) is 10.6. The second-order valence-corrected chi connectivity index (χ2v) is 3.45. The van der Waals surface area contributed by atoms with Crippen LogP contribution >= 0.6 is 15.9 Å². The summed E-state index contributed by atoms with van der Waals surface area (Å²) in [6, 6.07) is 2.16. The molecule has 0 heterocycles. The van der Waals surface area contributed by atoms with Gasteiger partial charge in [0, 0.05) is 11.0 Å². The van der Waals surface area contributed by atoms with Crippen LogP contribution in [0.25, 0.3) is 0 Å². The lowest BCUT2D eigenvalue weighted by Crippen LogP contribution is -2.14. The molecule has 1 unspecified atom stereocenters. The van der Waals surface area contributed by atoms with Crippen molar-refractivity contribution in [1.82, 2.24) is 0 Å². The molecule has 0 fully saturated rings. The molecule has 1 rings (SSSR count). The molecule has 0 aliphatic heterocycles. The van der Waals surface area contributed by atoms with Gasteiger partial charge in [0.2, 0.25) is 0 Å². The van der Waals surface area contributed by atoms with Gasteiger partial charge in [-0.2, -0.15) is 0 Å². The first-order valence-corrected chi connectivity index (χ1v) is 4.38. The van der Waals surface area contributed by atoms with E-state index in [0.29, 0.717) is 0 Å². The molecular formula is C8H8BrF2NO. The Balaban J connectivity index is 3.20. The molecule has 1 atom stereocenters. The van der Waals surface area contributed by atoms with Gasteiger partial charge in [0.25, 0.3) is 0 Å². The molecule has 0 saturated heterocycles. The monoisotopic (exact) mass is 251 g/mol. The van der Waals surface area contributed by atoms with Crippen LogP contribution in [0.15, 0.2) is 16.6 Å². The summed E-state index contributed by atoms with van der Waals surface area (Å²) in [4.78, 5) is 0. The van der Waals surface area contributed by atoms with Crippen LogP contribution in [0.4, 0.5) is 8.78 Å². The molecule has 13 heavy (non-hydrogen) atoms. The summed E-state index contributed by atoms with van der Waals surface area (Å²) < 4.78 is 26.4. The number of aliphatic hydroxyl groups is 1. The van der Waals surface area contributed by atoms with Gasteiger partial charge in [0.1, 0.15) is 11.6 Å². The highest BCUT2D eigenvalue weighted by atomic mass is 79.9. The van der Waals surface area contributed by atoms with Crippen molar-refractivity contribution in [2.75, 3.05) is 6.54 Å². The molecule has 72 valence electrons. The third-order valence-electron chi connectivity index (χ3n) is 1.60. The maximum atomic E-state index is 13.1. The predicted octanol–water partition coefficient (Wildman–Crippen LogP) is 1.72. The Morgan fingerprint density at radius 2 is 1.85 bits per heavy atom. The van der Waals surface area contributed by atoms with Gasteiger partial charge in [0.05, 0.1) is 11.7 Å². The third-order valence-corrected chi connectivity index (χ3v) is 2.06. The van der Waals surface area contributed by atoms with Gasteiger partial charge >= 0.3 is 0 Å². The van der Waals surface area contributed by atoms with Crippen molar-refractivity contribution in [2.45, 2.75) is 6.10 Å². The van der Waals surface area contributed by atoms with Crippen molar-refractivity contribution in [3.63, 3.8) is 0 Å². The lowest BCUT2D eigenvalue weighted by atomic mass is 10.1. The van der Waals surface area contributed by atoms with Crippen LogP contribution in [0, 0.1) is 11.6 Å². The normalized spacial score (nSPS) is 13.0. The first-order valence-electron chi connectivity index (χ1n) is 3.59. The summed E-state index contributed by atoms with van der Waals surface area (Å²) in [6.45, 7) is -0.213. The molecule has 0 bridgehead atoms. The first-order chi connectivity index (χ1) is 6.06. The largest absolute Gasteiger partial charge is 0.387 e. The number of aliphatic hydroxyl groups excluding tert-OH is 1. The van der Waals surface area contributed by atoms with Crippen LogP contribution in [-0.2, 0) is 0 Å². The van der Waals surface area contributed by atoms with E-state index >= 15 is 0 Å². The molecule has 1 aromatic carbocycles. The van der Waals surface area contributed by atoms with Crippen LogP contribution in [0.1, 0.15) is 11.7 Å². The number of hydrogen-bond donors (Lipinski definition) is 2. The minimum absolute atomic E-state index is 0.213. The van der Waals surface area contributed by atoms with E-state index < -0.39 is 17.7 Å². The number of rotatable bonds is 2. The average Bonchev–Trinajstić information content (AvgIpc) is 2.02. The molecule has 0 aromatic heterocycles. The smallest absolute Gasteiger partial charge is 0.133 e. The number of halogens is 3. The average molecular weight is 252 g/mol. The Hall–Kier alpha value is -0.520. The van der Waals surface area contributed by atoms with Crippen LogP contribution in [-0.4, -0.2) is 11.7 Å². The zero-order chi connectivity index (χ0) is 10.0. The Kier molecular flexibility index (Phi) is 3.35. The minimum Gasteiger partial charge on any atom is -0.387 e. The number of hydrogen-bond acceptors (Lipinski definition) is 2. The summed E-state index contributed by atoms with van der Waals surface area (Å²) >= 11 is 2.93. The Morgan fingerprint density at radius 3 is 2.23 bits per heavy atom. The van der Waals surface area contributed by atoms with Gasteiger partial charge in [-0.15, -0.1) is 0 Å². The highest BCUT2D eigenvalue weighted by molar-refractivity contribution is 9.10. The summed E-state index contributed by atoms with van der Waals surface area (Å²) in [5, 5.41) is 9.16. The van der Waals surface area contributed by atoms with E-state index in [4.69, 9.17) is 10.8 Å². The van der Waals surface area contributed by atoms with Crippen molar-refractivity contribution in [3.05, 3.63) is 33.8 Å². The maximum Gasteiger partial charge on any atom is 0.133 e. The summed E-state index contributed by atoms with van der Waals surface area (Å²) in [5.74, 6) is -1.60. The summed E-state index contributed by atoms with van der Waals surface area (Å²) in [6.07, 6.45) is -1.30. The van der Waals surface area contributed by atoms with E-state index in [1.807, 2.05) is 0 Å². The van der Waals surface area contributed by atoms with Gasteiger partial charge in [-0.05, 0) is 12.1 Å². The molecule has 5 heteroatoms. The molecule has 0 radical (unpaired) electrons.